The molecule has 9 heteroatoms. The van der Waals surface area contributed by atoms with Crippen LogP contribution in [-0.4, -0.2) is 24.7 Å². The fourth-order valence-corrected chi connectivity index (χ4v) is 2.90. The van der Waals surface area contributed by atoms with Crippen molar-refractivity contribution in [2.45, 2.75) is 50.3 Å². The van der Waals surface area contributed by atoms with Gasteiger partial charge in [0, 0.05) is 18.0 Å². The van der Waals surface area contributed by atoms with Gasteiger partial charge in [0.1, 0.15) is 16.7 Å². The highest BCUT2D eigenvalue weighted by Gasteiger charge is 2.17. The van der Waals surface area contributed by atoms with Gasteiger partial charge in [0.2, 0.25) is 0 Å². The zero-order valence-electron chi connectivity index (χ0n) is 12.5. The molecule has 114 valence electrons. The fourth-order valence-electron chi connectivity index (χ4n) is 1.84. The van der Waals surface area contributed by atoms with E-state index in [1.807, 2.05) is 27.7 Å². The van der Waals surface area contributed by atoms with E-state index in [4.69, 9.17) is 5.84 Å². The molecule has 2 rings (SSSR count). The molecule has 0 spiro atoms. The molecule has 2 aromatic rings. The lowest BCUT2D eigenvalue weighted by atomic mass is 10.3. The zero-order valence-corrected chi connectivity index (χ0v) is 13.3. The first-order chi connectivity index (χ1) is 9.97. The molecule has 0 amide bonds. The van der Waals surface area contributed by atoms with Crippen LogP contribution in [0.25, 0.3) is 0 Å². The van der Waals surface area contributed by atoms with Crippen molar-refractivity contribution in [2.24, 2.45) is 5.84 Å². The van der Waals surface area contributed by atoms with E-state index in [2.05, 4.69) is 25.6 Å². The quantitative estimate of drug-likeness (QED) is 0.432. The highest BCUT2D eigenvalue weighted by atomic mass is 32.2. The number of nitrogens with one attached hydrogen (secondary N) is 2. The van der Waals surface area contributed by atoms with Crippen LogP contribution in [0.2, 0.25) is 0 Å². The molecule has 0 aromatic carbocycles. The molecule has 0 saturated carbocycles. The Labute approximate surface area is 126 Å². The first-order valence-corrected chi connectivity index (χ1v) is 7.48. The third-order valence-corrected chi connectivity index (χ3v) is 4.04. The number of anilines is 1. The minimum Gasteiger partial charge on any atom is -0.308 e. The van der Waals surface area contributed by atoms with Crippen molar-refractivity contribution in [3.63, 3.8) is 0 Å². The summed E-state index contributed by atoms with van der Waals surface area (Å²) in [5, 5.41) is 7.83. The molecule has 0 bridgehead atoms. The lowest BCUT2D eigenvalue weighted by Crippen LogP contribution is -2.19. The lowest BCUT2D eigenvalue weighted by Gasteiger charge is -2.12. The summed E-state index contributed by atoms with van der Waals surface area (Å²) < 4.78 is 1.59. The number of H-pyrrole nitrogens is 1. The molecule has 0 unspecified atom stereocenters. The smallest absolute Gasteiger partial charge is 0.308 e. The molecule has 0 aliphatic heterocycles. The summed E-state index contributed by atoms with van der Waals surface area (Å²) in [5.74, 6) is 6.76. The van der Waals surface area contributed by atoms with E-state index in [0.717, 1.165) is 10.6 Å². The molecule has 0 saturated heterocycles. The fraction of sp³-hybridized carbons (Fsp3) is 0.500. The minimum absolute atomic E-state index is 0.0126. The maximum absolute atomic E-state index is 11.8. The number of aromatic amines is 1. The van der Waals surface area contributed by atoms with Crippen LogP contribution in [0.4, 0.5) is 5.82 Å². The Hall–Kier alpha value is -1.87. The van der Waals surface area contributed by atoms with Crippen LogP contribution in [0.5, 0.6) is 0 Å². The Kier molecular flexibility index (Phi) is 4.63. The number of nitrogens with two attached hydrogens (primary N) is 1. The van der Waals surface area contributed by atoms with E-state index in [9.17, 15) is 4.79 Å². The Morgan fingerprint density at radius 1 is 1.43 bits per heavy atom. The largest absolute Gasteiger partial charge is 0.344 e. The molecule has 8 nitrogen and oxygen atoms in total. The number of hydrazine groups is 1. The van der Waals surface area contributed by atoms with Crippen molar-refractivity contribution in [1.29, 1.82) is 0 Å². The highest BCUT2D eigenvalue weighted by molar-refractivity contribution is 7.99. The van der Waals surface area contributed by atoms with Gasteiger partial charge in [-0.3, -0.25) is 4.57 Å². The van der Waals surface area contributed by atoms with Gasteiger partial charge in [-0.25, -0.2) is 25.7 Å². The maximum Gasteiger partial charge on any atom is 0.344 e. The van der Waals surface area contributed by atoms with Gasteiger partial charge in [0.05, 0.1) is 0 Å². The van der Waals surface area contributed by atoms with Crippen molar-refractivity contribution >= 4 is 17.6 Å². The molecule has 0 fully saturated rings. The van der Waals surface area contributed by atoms with E-state index in [0.29, 0.717) is 23.2 Å². The van der Waals surface area contributed by atoms with Crippen LogP contribution in [0.3, 0.4) is 0 Å². The van der Waals surface area contributed by atoms with Crippen molar-refractivity contribution in [3.8, 4) is 0 Å². The van der Waals surface area contributed by atoms with Crippen molar-refractivity contribution < 1.29 is 0 Å². The molecule has 4 N–H and O–H groups in total. The topological polar surface area (TPSA) is 115 Å². The summed E-state index contributed by atoms with van der Waals surface area (Å²) in [7, 11) is 0. The monoisotopic (exact) mass is 309 g/mol. The number of aromatic nitrogens is 5. The number of hydrogen-bond acceptors (Lipinski definition) is 7. The van der Waals surface area contributed by atoms with E-state index < -0.39 is 0 Å². The van der Waals surface area contributed by atoms with Gasteiger partial charge in [-0.15, -0.1) is 5.10 Å². The van der Waals surface area contributed by atoms with Crippen LogP contribution >= 0.6 is 11.8 Å². The molecule has 21 heavy (non-hydrogen) atoms. The number of nitrogen functional groups attached to an aromatic ring is 1. The van der Waals surface area contributed by atoms with Crippen LogP contribution < -0.4 is 17.0 Å². The van der Waals surface area contributed by atoms with Gasteiger partial charge in [-0.05, 0) is 32.5 Å². The van der Waals surface area contributed by atoms with Crippen LogP contribution in [0.15, 0.2) is 15.0 Å². The minimum atomic E-state index is -0.230. The second-order valence-corrected chi connectivity index (χ2v) is 5.75. The Bertz CT molecular complexity index is 691. The SMILES string of the molecule is CCc1nc(NN)c(C)c(Sc2n[nH]c(=O)n2C(C)C)n1. The number of hydrogen-bond donors (Lipinski definition) is 3. The van der Waals surface area contributed by atoms with E-state index in [1.165, 1.54) is 11.8 Å². The summed E-state index contributed by atoms with van der Waals surface area (Å²) in [4.78, 5) is 20.6. The first-order valence-electron chi connectivity index (χ1n) is 6.66. The van der Waals surface area contributed by atoms with E-state index >= 15 is 0 Å². The normalized spacial score (nSPS) is 11.1. The van der Waals surface area contributed by atoms with E-state index in [1.54, 1.807) is 4.57 Å². The van der Waals surface area contributed by atoms with Crippen molar-refractivity contribution in [1.82, 2.24) is 24.7 Å². The standard InChI is InChI=1S/C12H19N7OS/c1-5-8-14-9(16-13)7(4)10(15-8)21-12-18-17-11(20)19(12)6(2)3/h6H,5,13H2,1-4H3,(H,17,20)(H,14,15,16). The van der Waals surface area contributed by atoms with Gasteiger partial charge in [-0.1, -0.05) is 6.92 Å². The Morgan fingerprint density at radius 3 is 2.71 bits per heavy atom. The Morgan fingerprint density at radius 2 is 2.14 bits per heavy atom. The molecule has 0 aliphatic rings. The lowest BCUT2D eigenvalue weighted by molar-refractivity contribution is 0.533. The average molecular weight is 309 g/mol. The third-order valence-electron chi connectivity index (χ3n) is 2.98. The van der Waals surface area contributed by atoms with Gasteiger partial charge in [0.15, 0.2) is 5.16 Å². The molecular weight excluding hydrogens is 290 g/mol. The summed E-state index contributed by atoms with van der Waals surface area (Å²) in [6.07, 6.45) is 0.695. The van der Waals surface area contributed by atoms with Gasteiger partial charge in [-0.2, -0.15) is 0 Å². The summed E-state index contributed by atoms with van der Waals surface area (Å²) >= 11 is 1.32. The predicted octanol–water partition coefficient (Wildman–Crippen LogP) is 1.25. The van der Waals surface area contributed by atoms with Crippen molar-refractivity contribution in [3.05, 3.63) is 21.9 Å². The maximum atomic E-state index is 11.8. The molecular formula is C12H19N7OS. The van der Waals surface area contributed by atoms with Crippen LogP contribution in [0.1, 0.15) is 38.2 Å². The molecule has 2 heterocycles. The number of nitrogens with zero attached hydrogens (tertiary/aromatic N) is 4. The van der Waals surface area contributed by atoms with Gasteiger partial charge >= 0.3 is 5.69 Å². The molecule has 2 aromatic heterocycles. The summed E-state index contributed by atoms with van der Waals surface area (Å²) in [5.41, 5.74) is 3.17. The van der Waals surface area contributed by atoms with E-state index in [-0.39, 0.29) is 11.7 Å². The van der Waals surface area contributed by atoms with Gasteiger partial charge in [0.25, 0.3) is 0 Å². The third kappa shape index (κ3) is 3.08. The van der Waals surface area contributed by atoms with Crippen LogP contribution in [-0.2, 0) is 6.42 Å². The number of rotatable bonds is 5. The first kappa shape index (κ1) is 15.5. The highest BCUT2D eigenvalue weighted by Crippen LogP contribution is 2.30. The Balaban J connectivity index is 2.47. The van der Waals surface area contributed by atoms with Crippen LogP contribution in [0, 0.1) is 6.92 Å². The second-order valence-electron chi connectivity index (χ2n) is 4.79. The summed E-state index contributed by atoms with van der Waals surface area (Å²) in [6, 6.07) is 0.0126. The molecule has 0 atom stereocenters. The zero-order chi connectivity index (χ0) is 15.6. The average Bonchev–Trinajstić information content (AvgIpc) is 2.82. The predicted molar refractivity (Wildman–Crippen MR) is 81.3 cm³/mol. The molecule has 0 radical (unpaired) electrons. The van der Waals surface area contributed by atoms with Crippen molar-refractivity contribution in [2.75, 3.05) is 5.43 Å². The summed E-state index contributed by atoms with van der Waals surface area (Å²) in [6.45, 7) is 7.70. The second kappa shape index (κ2) is 6.27. The number of aryl methyl sites for hydroxylation is 1. The molecule has 0 aliphatic carbocycles. The van der Waals surface area contributed by atoms with Gasteiger partial charge < -0.3 is 5.43 Å².